The first kappa shape index (κ1) is 24.1. The smallest absolute Gasteiger partial charge is 0.253 e. The minimum Gasteiger partial charge on any atom is -0.378 e. The predicted octanol–water partition coefficient (Wildman–Crippen LogP) is 5.33. The van der Waals surface area contributed by atoms with E-state index in [2.05, 4.69) is 15.5 Å². The van der Waals surface area contributed by atoms with E-state index in [9.17, 15) is 9.59 Å². The molecule has 0 bridgehead atoms. The number of halogens is 2. The molecular formula is C26H25Cl2N3O3. The van der Waals surface area contributed by atoms with E-state index < -0.39 is 6.04 Å². The molecule has 1 fully saturated rings. The standard InChI is InChI=1S/C26H25Cl2N3O3/c27-20-10-5-4-9-19(20)26(33)30-23(18-7-2-1-3-8-18)17-24(32)29-22-12-6-11-21(28)25(22)31-13-15-34-16-14-31/h1-12,23H,13-17H2,(H,29,32)(H,30,33). The molecule has 4 rings (SSSR count). The second kappa shape index (κ2) is 11.4. The highest BCUT2D eigenvalue weighted by molar-refractivity contribution is 6.34. The summed E-state index contributed by atoms with van der Waals surface area (Å²) in [6, 6.07) is 21.1. The number of para-hydroxylation sites is 1. The van der Waals surface area contributed by atoms with E-state index in [0.29, 0.717) is 47.6 Å². The summed E-state index contributed by atoms with van der Waals surface area (Å²) in [5.74, 6) is -0.589. The molecule has 8 heteroatoms. The summed E-state index contributed by atoms with van der Waals surface area (Å²) in [6.45, 7) is 2.58. The Balaban J connectivity index is 1.53. The highest BCUT2D eigenvalue weighted by Gasteiger charge is 2.23. The average Bonchev–Trinajstić information content (AvgIpc) is 2.85. The van der Waals surface area contributed by atoms with Crippen LogP contribution in [0.25, 0.3) is 0 Å². The Labute approximate surface area is 208 Å². The molecule has 1 aliphatic heterocycles. The average molecular weight is 498 g/mol. The SMILES string of the molecule is O=C(CC(NC(=O)c1ccccc1Cl)c1ccccc1)Nc1cccc(Cl)c1N1CCOCC1. The molecule has 0 aromatic heterocycles. The van der Waals surface area contributed by atoms with Gasteiger partial charge in [0.2, 0.25) is 5.91 Å². The first-order valence-electron chi connectivity index (χ1n) is 11.0. The molecule has 3 aromatic carbocycles. The fourth-order valence-corrected chi connectivity index (χ4v) is 4.45. The molecule has 176 valence electrons. The van der Waals surface area contributed by atoms with Crippen LogP contribution in [0.5, 0.6) is 0 Å². The van der Waals surface area contributed by atoms with Crippen molar-refractivity contribution in [1.82, 2.24) is 5.32 Å². The molecule has 0 aliphatic carbocycles. The van der Waals surface area contributed by atoms with E-state index in [0.717, 1.165) is 11.3 Å². The van der Waals surface area contributed by atoms with Gasteiger partial charge >= 0.3 is 0 Å². The zero-order valence-electron chi connectivity index (χ0n) is 18.5. The third-order valence-corrected chi connectivity index (χ3v) is 6.24. The number of ether oxygens (including phenoxy) is 1. The third kappa shape index (κ3) is 5.89. The number of carbonyl (C=O) groups is 2. The van der Waals surface area contributed by atoms with E-state index in [-0.39, 0.29) is 18.2 Å². The highest BCUT2D eigenvalue weighted by Crippen LogP contribution is 2.35. The number of rotatable bonds is 7. The van der Waals surface area contributed by atoms with Crippen molar-refractivity contribution >= 4 is 46.4 Å². The van der Waals surface area contributed by atoms with E-state index in [4.69, 9.17) is 27.9 Å². The van der Waals surface area contributed by atoms with Crippen molar-refractivity contribution in [2.75, 3.05) is 36.5 Å². The lowest BCUT2D eigenvalue weighted by molar-refractivity contribution is -0.116. The van der Waals surface area contributed by atoms with Crippen molar-refractivity contribution < 1.29 is 14.3 Å². The molecule has 2 N–H and O–H groups in total. The third-order valence-electron chi connectivity index (χ3n) is 5.60. The zero-order chi connectivity index (χ0) is 23.9. The van der Waals surface area contributed by atoms with Crippen molar-refractivity contribution in [2.45, 2.75) is 12.5 Å². The van der Waals surface area contributed by atoms with Crippen LogP contribution >= 0.6 is 23.2 Å². The Morgan fingerprint density at radius 1 is 0.882 bits per heavy atom. The molecule has 3 aromatic rings. The number of benzene rings is 3. The summed E-state index contributed by atoms with van der Waals surface area (Å²) < 4.78 is 5.44. The summed E-state index contributed by atoms with van der Waals surface area (Å²) in [5.41, 5.74) is 2.58. The fraction of sp³-hybridized carbons (Fsp3) is 0.231. The van der Waals surface area contributed by atoms with Gasteiger partial charge in [-0.15, -0.1) is 0 Å². The Morgan fingerprint density at radius 3 is 2.29 bits per heavy atom. The number of hydrogen-bond donors (Lipinski definition) is 2. The maximum absolute atomic E-state index is 13.2. The van der Waals surface area contributed by atoms with E-state index in [1.54, 1.807) is 36.4 Å². The van der Waals surface area contributed by atoms with Crippen molar-refractivity contribution in [3.8, 4) is 0 Å². The lowest BCUT2D eigenvalue weighted by Crippen LogP contribution is -2.37. The molecule has 1 unspecified atom stereocenters. The van der Waals surface area contributed by atoms with Crippen LogP contribution in [0.1, 0.15) is 28.4 Å². The monoisotopic (exact) mass is 497 g/mol. The number of morpholine rings is 1. The van der Waals surface area contributed by atoms with Gasteiger partial charge in [-0.05, 0) is 29.8 Å². The lowest BCUT2D eigenvalue weighted by atomic mass is 10.0. The first-order chi connectivity index (χ1) is 16.5. The molecule has 1 heterocycles. The maximum Gasteiger partial charge on any atom is 0.253 e. The van der Waals surface area contributed by atoms with E-state index >= 15 is 0 Å². The lowest BCUT2D eigenvalue weighted by Gasteiger charge is -2.31. The Hall–Kier alpha value is -3.06. The van der Waals surface area contributed by atoms with Gasteiger partial charge in [-0.3, -0.25) is 9.59 Å². The predicted molar refractivity (Wildman–Crippen MR) is 136 cm³/mol. The van der Waals surface area contributed by atoms with Crippen LogP contribution in [0.15, 0.2) is 72.8 Å². The topological polar surface area (TPSA) is 70.7 Å². The van der Waals surface area contributed by atoms with Crippen molar-refractivity contribution in [3.63, 3.8) is 0 Å². The minimum atomic E-state index is -0.545. The minimum absolute atomic E-state index is 0.0370. The summed E-state index contributed by atoms with van der Waals surface area (Å²) in [7, 11) is 0. The van der Waals surface area contributed by atoms with Crippen LogP contribution < -0.4 is 15.5 Å². The van der Waals surface area contributed by atoms with Crippen LogP contribution in [-0.2, 0) is 9.53 Å². The molecule has 0 radical (unpaired) electrons. The van der Waals surface area contributed by atoms with E-state index in [1.165, 1.54) is 0 Å². The highest BCUT2D eigenvalue weighted by atomic mass is 35.5. The van der Waals surface area contributed by atoms with Gasteiger partial charge in [-0.1, -0.05) is 71.7 Å². The van der Waals surface area contributed by atoms with Gasteiger partial charge < -0.3 is 20.3 Å². The summed E-state index contributed by atoms with van der Waals surface area (Å²) in [5, 5.41) is 6.86. The Morgan fingerprint density at radius 2 is 1.56 bits per heavy atom. The summed E-state index contributed by atoms with van der Waals surface area (Å²) in [4.78, 5) is 28.2. The van der Waals surface area contributed by atoms with Crippen LogP contribution in [0, 0.1) is 0 Å². The van der Waals surface area contributed by atoms with Gasteiger partial charge in [0.15, 0.2) is 0 Å². The van der Waals surface area contributed by atoms with Crippen molar-refractivity contribution in [2.24, 2.45) is 0 Å². The Bertz CT molecular complexity index is 1150. The van der Waals surface area contributed by atoms with Gasteiger partial charge in [-0.25, -0.2) is 0 Å². The number of nitrogens with one attached hydrogen (secondary N) is 2. The second-order valence-electron chi connectivity index (χ2n) is 7.90. The largest absolute Gasteiger partial charge is 0.378 e. The molecule has 6 nitrogen and oxygen atoms in total. The maximum atomic E-state index is 13.2. The number of amides is 2. The van der Waals surface area contributed by atoms with Gasteiger partial charge in [0.1, 0.15) is 0 Å². The molecule has 0 saturated carbocycles. The van der Waals surface area contributed by atoms with Gasteiger partial charge in [0, 0.05) is 13.1 Å². The number of nitrogens with zero attached hydrogens (tertiary/aromatic N) is 1. The molecule has 2 amide bonds. The van der Waals surface area contributed by atoms with Crippen LogP contribution in [-0.4, -0.2) is 38.1 Å². The summed E-state index contributed by atoms with van der Waals surface area (Å²) in [6.07, 6.45) is 0.0370. The summed E-state index contributed by atoms with van der Waals surface area (Å²) >= 11 is 12.7. The van der Waals surface area contributed by atoms with E-state index in [1.807, 2.05) is 36.4 Å². The van der Waals surface area contributed by atoms with Crippen LogP contribution in [0.3, 0.4) is 0 Å². The van der Waals surface area contributed by atoms with Crippen LogP contribution in [0.2, 0.25) is 10.0 Å². The van der Waals surface area contributed by atoms with Crippen molar-refractivity contribution in [1.29, 1.82) is 0 Å². The number of anilines is 2. The van der Waals surface area contributed by atoms with Crippen molar-refractivity contribution in [3.05, 3.63) is 94.0 Å². The molecule has 1 atom stereocenters. The van der Waals surface area contributed by atoms with Gasteiger partial charge in [-0.2, -0.15) is 0 Å². The quantitative estimate of drug-likeness (QED) is 0.462. The second-order valence-corrected chi connectivity index (χ2v) is 8.72. The zero-order valence-corrected chi connectivity index (χ0v) is 20.0. The van der Waals surface area contributed by atoms with Crippen LogP contribution in [0.4, 0.5) is 11.4 Å². The van der Waals surface area contributed by atoms with Gasteiger partial charge in [0.25, 0.3) is 5.91 Å². The number of hydrogen-bond acceptors (Lipinski definition) is 4. The van der Waals surface area contributed by atoms with Gasteiger partial charge in [0.05, 0.1) is 52.7 Å². The molecule has 1 aliphatic rings. The first-order valence-corrected chi connectivity index (χ1v) is 11.8. The molecular weight excluding hydrogens is 473 g/mol. The fourth-order valence-electron chi connectivity index (χ4n) is 3.93. The molecule has 34 heavy (non-hydrogen) atoms. The molecule has 1 saturated heterocycles. The Kier molecular flexibility index (Phi) is 8.06. The molecule has 0 spiro atoms. The number of carbonyl (C=O) groups excluding carboxylic acids is 2. The normalized spacial score (nSPS) is 14.4.